The molecule has 0 saturated carbocycles. The van der Waals surface area contributed by atoms with Gasteiger partial charge in [-0.15, -0.1) is 0 Å². The van der Waals surface area contributed by atoms with Crippen LogP contribution in [0.5, 0.6) is 0 Å². The first kappa shape index (κ1) is 13.3. The summed E-state index contributed by atoms with van der Waals surface area (Å²) < 4.78 is 1.98. The lowest BCUT2D eigenvalue weighted by atomic mass is 10.2. The molecule has 1 aromatic heterocycles. The number of benzene rings is 1. The lowest BCUT2D eigenvalue weighted by Gasteiger charge is -2.06. The zero-order valence-electron chi connectivity index (χ0n) is 10.7. The standard InChI is InChI=1S/C14H16N4S/c1-18-9-5-8-13(18)11-16-17-14(19)15-10-12-6-3-2-4-7-12/h2-9,11H,10H2,1H3,(H2,15,17,19)/b16-11+. The monoisotopic (exact) mass is 272 g/mol. The Morgan fingerprint density at radius 3 is 2.74 bits per heavy atom. The molecule has 0 bridgehead atoms. The van der Waals surface area contributed by atoms with Crippen LogP contribution in [0.4, 0.5) is 0 Å². The van der Waals surface area contributed by atoms with Crippen molar-refractivity contribution < 1.29 is 0 Å². The minimum absolute atomic E-state index is 0.509. The number of nitrogens with one attached hydrogen (secondary N) is 2. The van der Waals surface area contributed by atoms with Crippen molar-refractivity contribution in [1.29, 1.82) is 0 Å². The molecule has 4 nitrogen and oxygen atoms in total. The second-order valence-electron chi connectivity index (χ2n) is 4.08. The molecule has 0 aliphatic carbocycles. The molecule has 0 unspecified atom stereocenters. The van der Waals surface area contributed by atoms with Crippen molar-refractivity contribution in [3.63, 3.8) is 0 Å². The number of aromatic nitrogens is 1. The third-order valence-electron chi connectivity index (χ3n) is 2.64. The Morgan fingerprint density at radius 1 is 1.26 bits per heavy atom. The highest BCUT2D eigenvalue weighted by atomic mass is 32.1. The van der Waals surface area contributed by atoms with Gasteiger partial charge in [-0.05, 0) is 29.9 Å². The third kappa shape index (κ3) is 4.22. The maximum atomic E-state index is 5.14. The Hall–Kier alpha value is -2.14. The van der Waals surface area contributed by atoms with Crippen LogP contribution >= 0.6 is 12.2 Å². The summed E-state index contributed by atoms with van der Waals surface area (Å²) in [7, 11) is 1.97. The predicted octanol–water partition coefficient (Wildman–Crippen LogP) is 2.02. The SMILES string of the molecule is Cn1cccc1/C=N/NC(=S)NCc1ccccc1. The molecule has 0 radical (unpaired) electrons. The fraction of sp³-hybridized carbons (Fsp3) is 0.143. The van der Waals surface area contributed by atoms with E-state index >= 15 is 0 Å². The van der Waals surface area contributed by atoms with Crippen LogP contribution < -0.4 is 10.7 Å². The van der Waals surface area contributed by atoms with Gasteiger partial charge in [-0.25, -0.2) is 0 Å². The van der Waals surface area contributed by atoms with E-state index in [9.17, 15) is 0 Å². The number of rotatable bonds is 4. The van der Waals surface area contributed by atoms with E-state index in [1.807, 2.05) is 60.3 Å². The molecule has 1 heterocycles. The molecule has 19 heavy (non-hydrogen) atoms. The first-order valence-corrected chi connectivity index (χ1v) is 6.39. The maximum absolute atomic E-state index is 5.14. The van der Waals surface area contributed by atoms with Gasteiger partial charge in [0.1, 0.15) is 0 Å². The van der Waals surface area contributed by atoms with Crippen molar-refractivity contribution in [2.24, 2.45) is 12.1 Å². The second kappa shape index (κ2) is 6.70. The van der Waals surface area contributed by atoms with E-state index < -0.39 is 0 Å². The summed E-state index contributed by atoms with van der Waals surface area (Å²) in [5.74, 6) is 0. The number of hydrogen-bond acceptors (Lipinski definition) is 2. The van der Waals surface area contributed by atoms with Gasteiger partial charge in [0.2, 0.25) is 0 Å². The average molecular weight is 272 g/mol. The van der Waals surface area contributed by atoms with Crippen molar-refractivity contribution in [3.8, 4) is 0 Å². The number of nitrogens with zero attached hydrogens (tertiary/aromatic N) is 2. The van der Waals surface area contributed by atoms with E-state index in [1.165, 1.54) is 5.56 Å². The van der Waals surface area contributed by atoms with Crippen molar-refractivity contribution in [2.45, 2.75) is 6.54 Å². The molecule has 0 fully saturated rings. The molecular formula is C14H16N4S. The Balaban J connectivity index is 1.76. The van der Waals surface area contributed by atoms with Crippen LogP contribution in [0.25, 0.3) is 0 Å². The predicted molar refractivity (Wildman–Crippen MR) is 82.0 cm³/mol. The van der Waals surface area contributed by atoms with Gasteiger partial charge >= 0.3 is 0 Å². The summed E-state index contributed by atoms with van der Waals surface area (Å²) >= 11 is 5.14. The molecule has 2 N–H and O–H groups in total. The topological polar surface area (TPSA) is 41.4 Å². The van der Waals surface area contributed by atoms with Crippen molar-refractivity contribution >= 4 is 23.5 Å². The normalized spacial score (nSPS) is 10.6. The molecule has 0 amide bonds. The van der Waals surface area contributed by atoms with Crippen molar-refractivity contribution in [2.75, 3.05) is 0 Å². The smallest absolute Gasteiger partial charge is 0.187 e. The lowest BCUT2D eigenvalue weighted by molar-refractivity contribution is 0.865. The number of hydrazone groups is 1. The molecule has 2 aromatic rings. The van der Waals surface area contributed by atoms with E-state index in [2.05, 4.69) is 15.8 Å². The largest absolute Gasteiger partial charge is 0.357 e. The third-order valence-corrected chi connectivity index (χ3v) is 2.88. The molecular weight excluding hydrogens is 256 g/mol. The zero-order chi connectivity index (χ0) is 13.5. The maximum Gasteiger partial charge on any atom is 0.187 e. The fourth-order valence-corrected chi connectivity index (χ4v) is 1.71. The van der Waals surface area contributed by atoms with Gasteiger partial charge in [0.15, 0.2) is 5.11 Å². The molecule has 0 aliphatic heterocycles. The number of thiocarbonyl (C=S) groups is 1. The second-order valence-corrected chi connectivity index (χ2v) is 4.49. The molecule has 0 atom stereocenters. The van der Waals surface area contributed by atoms with Gasteiger partial charge in [0, 0.05) is 19.8 Å². The Bertz CT molecular complexity index is 560. The van der Waals surface area contributed by atoms with Gasteiger partial charge in [-0.2, -0.15) is 5.10 Å². The molecule has 2 rings (SSSR count). The molecule has 0 saturated heterocycles. The van der Waals surface area contributed by atoms with Crippen LogP contribution in [-0.4, -0.2) is 15.9 Å². The van der Waals surface area contributed by atoms with Crippen LogP contribution in [0.1, 0.15) is 11.3 Å². The molecule has 98 valence electrons. The highest BCUT2D eigenvalue weighted by Crippen LogP contribution is 1.97. The van der Waals surface area contributed by atoms with Gasteiger partial charge in [0.05, 0.1) is 11.9 Å². The zero-order valence-corrected chi connectivity index (χ0v) is 11.5. The highest BCUT2D eigenvalue weighted by Gasteiger charge is 1.95. The summed E-state index contributed by atoms with van der Waals surface area (Å²) in [4.78, 5) is 0. The summed E-state index contributed by atoms with van der Waals surface area (Å²) in [5.41, 5.74) is 4.99. The van der Waals surface area contributed by atoms with E-state index in [1.54, 1.807) is 6.21 Å². The van der Waals surface area contributed by atoms with Crippen LogP contribution in [0.2, 0.25) is 0 Å². The molecule has 5 heteroatoms. The molecule has 1 aromatic carbocycles. The quantitative estimate of drug-likeness (QED) is 0.508. The minimum atomic E-state index is 0.509. The summed E-state index contributed by atoms with van der Waals surface area (Å²) in [6.07, 6.45) is 3.70. The van der Waals surface area contributed by atoms with Crippen LogP contribution in [0.15, 0.2) is 53.8 Å². The fourth-order valence-electron chi connectivity index (χ4n) is 1.58. The van der Waals surface area contributed by atoms with Gasteiger partial charge in [0.25, 0.3) is 0 Å². The van der Waals surface area contributed by atoms with Crippen LogP contribution in [0, 0.1) is 0 Å². The Labute approximate surface area is 118 Å². The summed E-state index contributed by atoms with van der Waals surface area (Å²) in [5, 5.41) is 7.69. The highest BCUT2D eigenvalue weighted by molar-refractivity contribution is 7.80. The van der Waals surface area contributed by atoms with E-state index in [0.29, 0.717) is 11.7 Å². The summed E-state index contributed by atoms with van der Waals surface area (Å²) in [6, 6.07) is 14.0. The van der Waals surface area contributed by atoms with Crippen molar-refractivity contribution in [1.82, 2.24) is 15.3 Å². The van der Waals surface area contributed by atoms with E-state index in [4.69, 9.17) is 12.2 Å². The lowest BCUT2D eigenvalue weighted by Crippen LogP contribution is -2.31. The first-order valence-electron chi connectivity index (χ1n) is 5.98. The van der Waals surface area contributed by atoms with E-state index in [-0.39, 0.29) is 0 Å². The van der Waals surface area contributed by atoms with Gasteiger partial charge in [-0.3, -0.25) is 5.43 Å². The van der Waals surface area contributed by atoms with E-state index in [0.717, 1.165) is 5.69 Å². The van der Waals surface area contributed by atoms with Gasteiger partial charge < -0.3 is 9.88 Å². The molecule has 0 spiro atoms. The van der Waals surface area contributed by atoms with Crippen LogP contribution in [0.3, 0.4) is 0 Å². The van der Waals surface area contributed by atoms with Crippen molar-refractivity contribution in [3.05, 3.63) is 59.9 Å². The first-order chi connectivity index (χ1) is 9.25. The number of aryl methyl sites for hydroxylation is 1. The summed E-state index contributed by atoms with van der Waals surface area (Å²) in [6.45, 7) is 0.687. The van der Waals surface area contributed by atoms with Gasteiger partial charge in [-0.1, -0.05) is 30.3 Å². The average Bonchev–Trinajstić information content (AvgIpc) is 2.83. The van der Waals surface area contributed by atoms with Crippen LogP contribution in [-0.2, 0) is 13.6 Å². The minimum Gasteiger partial charge on any atom is -0.357 e. The Morgan fingerprint density at radius 2 is 2.05 bits per heavy atom. The Kier molecular flexibility index (Phi) is 4.69. The molecule has 0 aliphatic rings. The number of hydrogen-bond donors (Lipinski definition) is 2.